The van der Waals surface area contributed by atoms with Crippen molar-refractivity contribution in [1.29, 1.82) is 0 Å². The first-order valence-electron chi connectivity index (χ1n) is 6.56. The number of nitrogens with zero attached hydrogens (tertiary/aromatic N) is 1. The van der Waals surface area contributed by atoms with E-state index in [1.807, 2.05) is 4.90 Å². The molecule has 18 heavy (non-hydrogen) atoms. The lowest BCUT2D eigenvalue weighted by atomic mass is 9.96. The van der Waals surface area contributed by atoms with Crippen LogP contribution in [0.25, 0.3) is 0 Å². The zero-order valence-electron chi connectivity index (χ0n) is 10.3. The topological polar surface area (TPSA) is 32.3 Å². The fraction of sp³-hybridized carbons (Fsp3) is 0.500. The number of benzene rings is 1. The lowest BCUT2D eigenvalue weighted by Crippen LogP contribution is -2.40. The van der Waals surface area contributed by atoms with Crippen LogP contribution in [-0.4, -0.2) is 25.5 Å². The van der Waals surface area contributed by atoms with E-state index in [4.69, 9.17) is 0 Å². The van der Waals surface area contributed by atoms with Gasteiger partial charge in [-0.15, -0.1) is 0 Å². The number of carbonyl (C=O) groups is 1. The Kier molecular flexibility index (Phi) is 3.39. The Bertz CT molecular complexity index is 469. The Morgan fingerprint density at radius 1 is 1.33 bits per heavy atom. The van der Waals surface area contributed by atoms with Crippen LogP contribution in [-0.2, 0) is 11.2 Å². The maximum Gasteiger partial charge on any atom is 0.230 e. The SMILES string of the molecule is O=C(C1CCNCC1)N1CCc2ccc(Br)cc21. The summed E-state index contributed by atoms with van der Waals surface area (Å²) in [6.45, 7) is 2.78. The standard InChI is InChI=1S/C14H17BrN2O/c15-12-2-1-10-5-8-17(13(10)9-12)14(18)11-3-6-16-7-4-11/h1-2,9,11,16H,3-8H2. The monoisotopic (exact) mass is 308 g/mol. The number of hydrogen-bond donors (Lipinski definition) is 1. The van der Waals surface area contributed by atoms with Crippen LogP contribution >= 0.6 is 15.9 Å². The molecule has 1 aromatic carbocycles. The number of fused-ring (bicyclic) bond motifs is 1. The Balaban J connectivity index is 1.82. The molecule has 0 aromatic heterocycles. The van der Waals surface area contributed by atoms with Crippen LogP contribution in [0.4, 0.5) is 5.69 Å². The number of nitrogens with one attached hydrogen (secondary N) is 1. The molecule has 2 aliphatic heterocycles. The molecule has 0 radical (unpaired) electrons. The van der Waals surface area contributed by atoms with E-state index in [1.165, 1.54) is 5.56 Å². The molecule has 0 saturated carbocycles. The lowest BCUT2D eigenvalue weighted by molar-refractivity contribution is -0.123. The zero-order valence-corrected chi connectivity index (χ0v) is 11.9. The molecule has 0 unspecified atom stereocenters. The smallest absolute Gasteiger partial charge is 0.230 e. The van der Waals surface area contributed by atoms with Gasteiger partial charge >= 0.3 is 0 Å². The van der Waals surface area contributed by atoms with Gasteiger partial charge in [-0.2, -0.15) is 0 Å². The number of amides is 1. The third-order valence-electron chi connectivity index (χ3n) is 3.90. The minimum Gasteiger partial charge on any atom is -0.317 e. The molecule has 1 amide bonds. The molecule has 0 aliphatic carbocycles. The van der Waals surface area contributed by atoms with Gasteiger partial charge in [0.15, 0.2) is 0 Å². The van der Waals surface area contributed by atoms with Crippen LogP contribution < -0.4 is 10.2 Å². The third-order valence-corrected chi connectivity index (χ3v) is 4.39. The molecule has 3 nitrogen and oxygen atoms in total. The summed E-state index contributed by atoms with van der Waals surface area (Å²) in [5.41, 5.74) is 2.40. The van der Waals surface area contributed by atoms with Crippen LogP contribution in [0.2, 0.25) is 0 Å². The summed E-state index contributed by atoms with van der Waals surface area (Å²) in [7, 11) is 0. The maximum atomic E-state index is 12.6. The first kappa shape index (κ1) is 12.2. The Labute approximate surface area is 116 Å². The van der Waals surface area contributed by atoms with E-state index in [0.717, 1.165) is 49.1 Å². The fourth-order valence-corrected chi connectivity index (χ4v) is 3.22. The van der Waals surface area contributed by atoms with Crippen molar-refractivity contribution in [3.63, 3.8) is 0 Å². The first-order valence-corrected chi connectivity index (χ1v) is 7.35. The second kappa shape index (κ2) is 5.02. The summed E-state index contributed by atoms with van der Waals surface area (Å²) >= 11 is 3.49. The molecular weight excluding hydrogens is 292 g/mol. The number of anilines is 1. The van der Waals surface area contributed by atoms with Crippen molar-refractivity contribution in [3.8, 4) is 0 Å². The van der Waals surface area contributed by atoms with Gasteiger partial charge in [-0.1, -0.05) is 22.0 Å². The van der Waals surface area contributed by atoms with Gasteiger partial charge in [0.1, 0.15) is 0 Å². The van der Waals surface area contributed by atoms with Crippen molar-refractivity contribution in [2.75, 3.05) is 24.5 Å². The van der Waals surface area contributed by atoms with Crippen molar-refractivity contribution in [1.82, 2.24) is 5.32 Å². The maximum absolute atomic E-state index is 12.6. The van der Waals surface area contributed by atoms with E-state index in [0.29, 0.717) is 5.91 Å². The van der Waals surface area contributed by atoms with Crippen LogP contribution in [0.15, 0.2) is 22.7 Å². The Hall–Kier alpha value is -0.870. The normalized spacial score (nSPS) is 19.9. The highest BCUT2D eigenvalue weighted by atomic mass is 79.9. The van der Waals surface area contributed by atoms with E-state index >= 15 is 0 Å². The van der Waals surface area contributed by atoms with Gasteiger partial charge in [-0.05, 0) is 50.0 Å². The quantitative estimate of drug-likeness (QED) is 0.863. The van der Waals surface area contributed by atoms with Crippen molar-refractivity contribution >= 4 is 27.5 Å². The number of halogens is 1. The Morgan fingerprint density at radius 3 is 2.89 bits per heavy atom. The molecule has 1 fully saturated rings. The minimum atomic E-state index is 0.205. The summed E-state index contributed by atoms with van der Waals surface area (Å²) < 4.78 is 1.05. The molecule has 0 spiro atoms. The van der Waals surface area contributed by atoms with Crippen molar-refractivity contribution in [2.24, 2.45) is 5.92 Å². The largest absolute Gasteiger partial charge is 0.317 e. The molecular formula is C14H17BrN2O. The molecule has 0 atom stereocenters. The van der Waals surface area contributed by atoms with Crippen LogP contribution in [0, 0.1) is 5.92 Å². The number of carbonyl (C=O) groups excluding carboxylic acids is 1. The van der Waals surface area contributed by atoms with E-state index in [1.54, 1.807) is 0 Å². The molecule has 2 heterocycles. The predicted octanol–water partition coefficient (Wildman–Crippen LogP) is 2.34. The minimum absolute atomic E-state index is 0.205. The Morgan fingerprint density at radius 2 is 2.11 bits per heavy atom. The highest BCUT2D eigenvalue weighted by Crippen LogP contribution is 2.32. The highest BCUT2D eigenvalue weighted by molar-refractivity contribution is 9.10. The zero-order chi connectivity index (χ0) is 12.5. The third kappa shape index (κ3) is 2.19. The highest BCUT2D eigenvalue weighted by Gasteiger charge is 2.30. The second-order valence-corrected chi connectivity index (χ2v) is 5.95. The number of rotatable bonds is 1. The van der Waals surface area contributed by atoms with Crippen LogP contribution in [0.5, 0.6) is 0 Å². The van der Waals surface area contributed by atoms with Gasteiger partial charge in [0, 0.05) is 22.6 Å². The summed E-state index contributed by atoms with van der Waals surface area (Å²) in [4.78, 5) is 14.5. The van der Waals surface area contributed by atoms with Crippen molar-refractivity contribution < 1.29 is 4.79 Å². The molecule has 0 bridgehead atoms. The summed E-state index contributed by atoms with van der Waals surface area (Å²) in [6, 6.07) is 6.24. The average Bonchev–Trinajstić information content (AvgIpc) is 2.82. The summed E-state index contributed by atoms with van der Waals surface area (Å²) in [5, 5.41) is 3.31. The van der Waals surface area contributed by atoms with E-state index in [-0.39, 0.29) is 5.92 Å². The van der Waals surface area contributed by atoms with Crippen LogP contribution in [0.1, 0.15) is 18.4 Å². The van der Waals surface area contributed by atoms with Gasteiger partial charge in [-0.25, -0.2) is 0 Å². The van der Waals surface area contributed by atoms with E-state index in [9.17, 15) is 4.79 Å². The van der Waals surface area contributed by atoms with Gasteiger partial charge in [0.2, 0.25) is 5.91 Å². The summed E-state index contributed by atoms with van der Waals surface area (Å²) in [5.74, 6) is 0.518. The van der Waals surface area contributed by atoms with Crippen LogP contribution in [0.3, 0.4) is 0 Å². The molecule has 1 saturated heterocycles. The summed E-state index contributed by atoms with van der Waals surface area (Å²) in [6.07, 6.45) is 2.93. The molecule has 1 aromatic rings. The van der Waals surface area contributed by atoms with Gasteiger partial charge < -0.3 is 10.2 Å². The molecule has 4 heteroatoms. The van der Waals surface area contributed by atoms with E-state index < -0.39 is 0 Å². The average molecular weight is 309 g/mol. The molecule has 96 valence electrons. The molecule has 2 aliphatic rings. The van der Waals surface area contributed by atoms with Crippen molar-refractivity contribution in [2.45, 2.75) is 19.3 Å². The second-order valence-electron chi connectivity index (χ2n) is 5.04. The molecule has 1 N–H and O–H groups in total. The van der Waals surface area contributed by atoms with Gasteiger partial charge in [0.05, 0.1) is 0 Å². The number of hydrogen-bond acceptors (Lipinski definition) is 2. The first-order chi connectivity index (χ1) is 8.75. The molecule has 3 rings (SSSR count). The number of piperidine rings is 1. The van der Waals surface area contributed by atoms with Gasteiger partial charge in [0.25, 0.3) is 0 Å². The lowest BCUT2D eigenvalue weighted by Gasteiger charge is -2.27. The fourth-order valence-electron chi connectivity index (χ4n) is 2.87. The predicted molar refractivity (Wildman–Crippen MR) is 75.8 cm³/mol. The van der Waals surface area contributed by atoms with E-state index in [2.05, 4.69) is 39.4 Å². The van der Waals surface area contributed by atoms with Gasteiger partial charge in [-0.3, -0.25) is 4.79 Å². The van der Waals surface area contributed by atoms with Crippen molar-refractivity contribution in [3.05, 3.63) is 28.2 Å².